The number of benzene rings is 2. The van der Waals surface area contributed by atoms with Crippen LogP contribution in [0.15, 0.2) is 60.7 Å². The van der Waals surface area contributed by atoms with Gasteiger partial charge < -0.3 is 5.11 Å². The molecule has 0 heterocycles. The number of hydrogen-bond acceptors (Lipinski definition) is 1. The predicted molar refractivity (Wildman–Crippen MR) is 83.0 cm³/mol. The lowest BCUT2D eigenvalue weighted by Gasteiger charge is -2.37. The third-order valence-electron chi connectivity index (χ3n) is 4.44. The second kappa shape index (κ2) is 4.49. The van der Waals surface area contributed by atoms with E-state index in [0.29, 0.717) is 6.42 Å². The molecule has 0 spiro atoms. The second-order valence-corrected chi connectivity index (χ2v) is 7.14. The molecule has 2 aromatic rings. The molecule has 1 unspecified atom stereocenters. The van der Waals surface area contributed by atoms with Crippen molar-refractivity contribution < 1.29 is 5.11 Å². The molecule has 1 saturated carbocycles. The summed E-state index contributed by atoms with van der Waals surface area (Å²) in [5.41, 5.74) is -0.168. The van der Waals surface area contributed by atoms with E-state index in [1.165, 1.54) is 0 Å². The van der Waals surface area contributed by atoms with Gasteiger partial charge in [0.15, 0.2) is 0 Å². The van der Waals surface area contributed by atoms with Gasteiger partial charge in [0.05, 0.1) is 0 Å². The van der Waals surface area contributed by atoms with Gasteiger partial charge in [0, 0.05) is 5.41 Å². The zero-order valence-electron chi connectivity index (χ0n) is 11.2. The second-order valence-electron chi connectivity index (χ2n) is 5.66. The van der Waals surface area contributed by atoms with Crippen LogP contribution in [0.25, 0.3) is 0 Å². The summed E-state index contributed by atoms with van der Waals surface area (Å²) >= 11 is 12.7. The van der Waals surface area contributed by atoms with Crippen LogP contribution in [-0.4, -0.2) is 9.44 Å². The lowest BCUT2D eigenvalue weighted by atomic mass is 9.74. The maximum Gasteiger partial charge on any atom is 0.127 e. The molecule has 0 amide bonds. The molecule has 1 aliphatic rings. The van der Waals surface area contributed by atoms with Gasteiger partial charge in [-0.15, -0.1) is 23.2 Å². The first kappa shape index (κ1) is 13.9. The van der Waals surface area contributed by atoms with E-state index in [9.17, 15) is 5.11 Å². The Morgan fingerprint density at radius 3 is 1.55 bits per heavy atom. The van der Waals surface area contributed by atoms with Crippen molar-refractivity contribution in [1.82, 2.24) is 0 Å². The van der Waals surface area contributed by atoms with Gasteiger partial charge in [-0.25, -0.2) is 0 Å². The van der Waals surface area contributed by atoms with Crippen molar-refractivity contribution in [2.75, 3.05) is 0 Å². The highest BCUT2D eigenvalue weighted by atomic mass is 35.5. The van der Waals surface area contributed by atoms with E-state index in [-0.39, 0.29) is 0 Å². The largest absolute Gasteiger partial charge is 0.380 e. The summed E-state index contributed by atoms with van der Waals surface area (Å²) in [4.78, 5) is 0. The first-order valence-electron chi connectivity index (χ1n) is 6.63. The molecular weight excluding hydrogens is 291 g/mol. The number of halogens is 2. The third-order valence-corrected chi connectivity index (χ3v) is 5.54. The van der Waals surface area contributed by atoms with Crippen molar-refractivity contribution in [3.63, 3.8) is 0 Å². The molecule has 0 radical (unpaired) electrons. The minimum atomic E-state index is -1.20. The predicted octanol–water partition coefficient (Wildman–Crippen LogP) is 4.51. The first-order chi connectivity index (χ1) is 9.42. The van der Waals surface area contributed by atoms with Gasteiger partial charge in [-0.2, -0.15) is 0 Å². The summed E-state index contributed by atoms with van der Waals surface area (Å²) in [7, 11) is 0. The Morgan fingerprint density at radius 1 is 0.900 bits per heavy atom. The molecule has 1 atom stereocenters. The highest BCUT2D eigenvalue weighted by Gasteiger charge is 2.73. The van der Waals surface area contributed by atoms with Crippen LogP contribution in [0, 0.1) is 5.41 Å². The Balaban J connectivity index is 2.20. The standard InChI is InChI=1S/C17H16Cl2O/c1-15(12-16(15,18)19)17(20,13-8-4-2-5-9-13)14-10-6-3-7-11-14/h2-11,20H,12H2,1H3. The Labute approximate surface area is 129 Å². The van der Waals surface area contributed by atoms with Crippen molar-refractivity contribution in [2.24, 2.45) is 5.41 Å². The van der Waals surface area contributed by atoms with Gasteiger partial charge >= 0.3 is 0 Å². The van der Waals surface area contributed by atoms with Gasteiger partial charge in [-0.1, -0.05) is 67.6 Å². The summed E-state index contributed by atoms with van der Waals surface area (Å²) in [6.45, 7) is 1.94. The van der Waals surface area contributed by atoms with E-state index in [0.717, 1.165) is 11.1 Å². The van der Waals surface area contributed by atoms with Crippen LogP contribution >= 0.6 is 23.2 Å². The number of hydrogen-bond donors (Lipinski definition) is 1. The average molecular weight is 307 g/mol. The summed E-state index contributed by atoms with van der Waals surface area (Å²) in [5, 5.41) is 11.5. The van der Waals surface area contributed by atoms with Crippen LogP contribution in [0.4, 0.5) is 0 Å². The summed E-state index contributed by atoms with van der Waals surface area (Å²) in [6.07, 6.45) is 0.559. The van der Waals surface area contributed by atoms with E-state index in [1.807, 2.05) is 67.6 Å². The third kappa shape index (κ3) is 1.81. The van der Waals surface area contributed by atoms with Crippen molar-refractivity contribution in [3.8, 4) is 0 Å². The maximum atomic E-state index is 11.5. The molecule has 1 N–H and O–H groups in total. The summed E-state index contributed by atoms with van der Waals surface area (Å²) < 4.78 is -0.909. The maximum absolute atomic E-state index is 11.5. The lowest BCUT2D eigenvalue weighted by Crippen LogP contribution is -2.39. The molecular formula is C17H16Cl2O. The Morgan fingerprint density at radius 2 is 1.25 bits per heavy atom. The van der Waals surface area contributed by atoms with Crippen LogP contribution in [0.3, 0.4) is 0 Å². The van der Waals surface area contributed by atoms with E-state index in [2.05, 4.69) is 0 Å². The molecule has 0 aromatic heterocycles. The minimum absolute atomic E-state index is 0.559. The van der Waals surface area contributed by atoms with Crippen molar-refractivity contribution >= 4 is 23.2 Å². The molecule has 0 saturated heterocycles. The van der Waals surface area contributed by atoms with Crippen LogP contribution in [0.2, 0.25) is 0 Å². The monoisotopic (exact) mass is 306 g/mol. The van der Waals surface area contributed by atoms with Crippen molar-refractivity contribution in [1.29, 1.82) is 0 Å². The fraction of sp³-hybridized carbons (Fsp3) is 0.294. The molecule has 2 aromatic carbocycles. The van der Waals surface area contributed by atoms with Gasteiger partial charge in [-0.05, 0) is 17.5 Å². The molecule has 0 aliphatic heterocycles. The lowest BCUT2D eigenvalue weighted by molar-refractivity contribution is 0.00838. The highest BCUT2D eigenvalue weighted by Crippen LogP contribution is 2.72. The molecule has 104 valence electrons. The van der Waals surface area contributed by atoms with Gasteiger partial charge in [0.2, 0.25) is 0 Å². The topological polar surface area (TPSA) is 20.2 Å². The zero-order chi connectivity index (χ0) is 14.4. The van der Waals surface area contributed by atoms with Crippen LogP contribution in [-0.2, 0) is 5.60 Å². The molecule has 3 rings (SSSR count). The van der Waals surface area contributed by atoms with E-state index >= 15 is 0 Å². The summed E-state index contributed by atoms with van der Waals surface area (Å²) in [5.74, 6) is 0. The zero-order valence-corrected chi connectivity index (χ0v) is 12.7. The van der Waals surface area contributed by atoms with Gasteiger partial charge in [0.1, 0.15) is 9.93 Å². The molecule has 1 aliphatic carbocycles. The molecule has 20 heavy (non-hydrogen) atoms. The minimum Gasteiger partial charge on any atom is -0.380 e. The normalized spacial score (nSPS) is 24.4. The molecule has 0 bridgehead atoms. The number of alkyl halides is 2. The van der Waals surface area contributed by atoms with Crippen molar-refractivity contribution in [3.05, 3.63) is 71.8 Å². The average Bonchev–Trinajstić information content (AvgIpc) is 3.00. The van der Waals surface area contributed by atoms with Crippen LogP contribution in [0.5, 0.6) is 0 Å². The van der Waals surface area contributed by atoms with Crippen molar-refractivity contribution in [2.45, 2.75) is 23.3 Å². The summed E-state index contributed by atoms with van der Waals surface area (Å²) in [6, 6.07) is 19.2. The smallest absolute Gasteiger partial charge is 0.127 e. The van der Waals surface area contributed by atoms with Crippen LogP contribution < -0.4 is 0 Å². The Hall–Kier alpha value is -1.02. The highest BCUT2D eigenvalue weighted by molar-refractivity contribution is 6.51. The van der Waals surface area contributed by atoms with Gasteiger partial charge in [0.25, 0.3) is 0 Å². The fourth-order valence-corrected chi connectivity index (χ4v) is 3.76. The molecule has 1 nitrogen and oxygen atoms in total. The molecule has 3 heteroatoms. The quantitative estimate of drug-likeness (QED) is 0.827. The van der Waals surface area contributed by atoms with E-state index in [1.54, 1.807) is 0 Å². The Kier molecular flexibility index (Phi) is 3.13. The Bertz CT molecular complexity index is 570. The van der Waals surface area contributed by atoms with E-state index in [4.69, 9.17) is 23.2 Å². The van der Waals surface area contributed by atoms with Crippen LogP contribution in [0.1, 0.15) is 24.5 Å². The number of rotatable bonds is 3. The number of aliphatic hydroxyl groups is 1. The first-order valence-corrected chi connectivity index (χ1v) is 7.39. The SMILES string of the molecule is CC1(C(O)(c2ccccc2)c2ccccc2)CC1(Cl)Cl. The molecule has 1 fully saturated rings. The van der Waals surface area contributed by atoms with Gasteiger partial charge in [-0.3, -0.25) is 0 Å². The fourth-order valence-electron chi connectivity index (χ4n) is 2.95. The van der Waals surface area contributed by atoms with E-state index < -0.39 is 15.3 Å².